The molecule has 1 atom stereocenters. The maximum atomic E-state index is 12.7. The highest BCUT2D eigenvalue weighted by atomic mass is 16.2. The summed E-state index contributed by atoms with van der Waals surface area (Å²) in [5.74, 6) is 0.0194. The molecule has 1 aliphatic rings. The van der Waals surface area contributed by atoms with E-state index in [0.717, 1.165) is 19.4 Å². The van der Waals surface area contributed by atoms with Crippen molar-refractivity contribution in [1.82, 2.24) is 19.9 Å². The monoisotopic (exact) mass is 284 g/mol. The van der Waals surface area contributed by atoms with Crippen molar-refractivity contribution in [3.05, 3.63) is 46.8 Å². The number of aryl methyl sites for hydroxylation is 3. The van der Waals surface area contributed by atoms with Gasteiger partial charge in [0.1, 0.15) is 5.69 Å². The topological polar surface area (TPSA) is 51.0 Å². The van der Waals surface area contributed by atoms with Crippen LogP contribution in [0.4, 0.5) is 0 Å². The number of likely N-dealkylation sites (tertiary alicyclic amines) is 1. The normalized spacial score (nSPS) is 18.2. The Morgan fingerprint density at radius 1 is 1.33 bits per heavy atom. The minimum atomic E-state index is 0.0194. The fraction of sp³-hybridized carbons (Fsp3) is 0.438. The van der Waals surface area contributed by atoms with Gasteiger partial charge < -0.3 is 4.90 Å². The molecule has 21 heavy (non-hydrogen) atoms. The van der Waals surface area contributed by atoms with Crippen LogP contribution in [0.2, 0.25) is 0 Å². The van der Waals surface area contributed by atoms with Crippen molar-refractivity contribution >= 4 is 5.91 Å². The van der Waals surface area contributed by atoms with Gasteiger partial charge in [0, 0.05) is 13.6 Å². The van der Waals surface area contributed by atoms with Crippen molar-refractivity contribution < 1.29 is 4.79 Å². The lowest BCUT2D eigenvalue weighted by Gasteiger charge is -2.26. The molecule has 1 saturated heterocycles. The Morgan fingerprint density at radius 2 is 2.14 bits per heavy atom. The SMILES string of the molecule is Cc1ccc(C)c([C@@H]2CCCN2C(=O)c2cnnn2C)c1. The molecule has 5 heteroatoms. The zero-order valence-corrected chi connectivity index (χ0v) is 12.7. The average molecular weight is 284 g/mol. The smallest absolute Gasteiger partial charge is 0.274 e. The van der Waals surface area contributed by atoms with E-state index in [-0.39, 0.29) is 11.9 Å². The molecule has 0 radical (unpaired) electrons. The first-order valence-electron chi connectivity index (χ1n) is 7.30. The molecule has 0 N–H and O–H groups in total. The number of hydrogen-bond acceptors (Lipinski definition) is 3. The molecule has 5 nitrogen and oxygen atoms in total. The van der Waals surface area contributed by atoms with Gasteiger partial charge in [0.15, 0.2) is 0 Å². The summed E-state index contributed by atoms with van der Waals surface area (Å²) in [5.41, 5.74) is 4.29. The van der Waals surface area contributed by atoms with E-state index in [1.165, 1.54) is 16.7 Å². The first-order valence-corrected chi connectivity index (χ1v) is 7.30. The minimum absolute atomic E-state index is 0.0194. The third-order valence-corrected chi connectivity index (χ3v) is 4.24. The van der Waals surface area contributed by atoms with Crippen LogP contribution in [-0.4, -0.2) is 32.3 Å². The molecule has 1 aliphatic heterocycles. The molecule has 1 aromatic carbocycles. The van der Waals surface area contributed by atoms with Crippen LogP contribution in [0.25, 0.3) is 0 Å². The molecule has 2 heterocycles. The molecule has 0 saturated carbocycles. The highest BCUT2D eigenvalue weighted by Crippen LogP contribution is 2.35. The van der Waals surface area contributed by atoms with Crippen molar-refractivity contribution in [3.63, 3.8) is 0 Å². The predicted molar refractivity (Wildman–Crippen MR) is 79.9 cm³/mol. The van der Waals surface area contributed by atoms with E-state index in [1.807, 2.05) is 4.90 Å². The molecule has 1 aromatic heterocycles. The molecule has 3 rings (SSSR count). The molecule has 1 fully saturated rings. The van der Waals surface area contributed by atoms with Gasteiger partial charge in [0.25, 0.3) is 5.91 Å². The summed E-state index contributed by atoms with van der Waals surface area (Å²) in [7, 11) is 1.75. The highest BCUT2D eigenvalue weighted by molar-refractivity contribution is 5.92. The van der Waals surface area contributed by atoms with E-state index in [9.17, 15) is 4.79 Å². The number of carbonyl (C=O) groups is 1. The number of amides is 1. The molecule has 1 amide bonds. The first kappa shape index (κ1) is 13.8. The Hall–Kier alpha value is -2.17. The second-order valence-corrected chi connectivity index (χ2v) is 5.76. The van der Waals surface area contributed by atoms with Gasteiger partial charge in [-0.2, -0.15) is 0 Å². The van der Waals surface area contributed by atoms with Crippen LogP contribution in [0.1, 0.15) is 46.1 Å². The fourth-order valence-corrected chi connectivity index (χ4v) is 3.08. The summed E-state index contributed by atoms with van der Waals surface area (Å²) >= 11 is 0. The molecule has 0 aliphatic carbocycles. The van der Waals surface area contributed by atoms with E-state index in [0.29, 0.717) is 5.69 Å². The lowest BCUT2D eigenvalue weighted by molar-refractivity contribution is 0.0724. The molecular weight excluding hydrogens is 264 g/mol. The predicted octanol–water partition coefficient (Wildman–Crippen LogP) is 2.41. The Morgan fingerprint density at radius 3 is 2.86 bits per heavy atom. The standard InChI is InChI=1S/C16H20N4O/c1-11-6-7-12(2)13(9-11)14-5-4-8-20(14)16(21)15-10-17-18-19(15)3/h6-7,9-10,14H,4-5,8H2,1-3H3/t14-/m0/s1. The highest BCUT2D eigenvalue weighted by Gasteiger charge is 2.32. The second kappa shape index (κ2) is 5.31. The molecular formula is C16H20N4O. The van der Waals surface area contributed by atoms with Gasteiger partial charge in [0.05, 0.1) is 12.2 Å². The van der Waals surface area contributed by atoms with Crippen molar-refractivity contribution in [2.45, 2.75) is 32.7 Å². The number of rotatable bonds is 2. The van der Waals surface area contributed by atoms with Gasteiger partial charge in [-0.05, 0) is 37.8 Å². The van der Waals surface area contributed by atoms with Gasteiger partial charge in [0.2, 0.25) is 0 Å². The zero-order valence-electron chi connectivity index (χ0n) is 12.7. The van der Waals surface area contributed by atoms with Crippen LogP contribution in [0.15, 0.2) is 24.4 Å². The van der Waals surface area contributed by atoms with Crippen LogP contribution in [-0.2, 0) is 7.05 Å². The van der Waals surface area contributed by atoms with E-state index in [4.69, 9.17) is 0 Å². The number of benzene rings is 1. The summed E-state index contributed by atoms with van der Waals surface area (Å²) in [6, 6.07) is 6.61. The van der Waals surface area contributed by atoms with E-state index in [1.54, 1.807) is 17.9 Å². The number of nitrogens with zero attached hydrogens (tertiary/aromatic N) is 4. The Labute approximate surface area is 124 Å². The van der Waals surface area contributed by atoms with Crippen molar-refractivity contribution in [2.75, 3.05) is 6.54 Å². The first-order chi connectivity index (χ1) is 10.1. The quantitative estimate of drug-likeness (QED) is 0.851. The lowest BCUT2D eigenvalue weighted by atomic mass is 9.97. The van der Waals surface area contributed by atoms with Gasteiger partial charge in [-0.15, -0.1) is 5.10 Å². The number of carbonyl (C=O) groups excluding carboxylic acids is 1. The molecule has 110 valence electrons. The number of hydrogen-bond donors (Lipinski definition) is 0. The summed E-state index contributed by atoms with van der Waals surface area (Å²) < 4.78 is 1.54. The van der Waals surface area contributed by atoms with Crippen molar-refractivity contribution in [2.24, 2.45) is 7.05 Å². The van der Waals surface area contributed by atoms with E-state index in [2.05, 4.69) is 42.4 Å². The summed E-state index contributed by atoms with van der Waals surface area (Å²) in [6.07, 6.45) is 3.59. The molecule has 2 aromatic rings. The van der Waals surface area contributed by atoms with Crippen LogP contribution in [0.5, 0.6) is 0 Å². The number of aromatic nitrogens is 3. The average Bonchev–Trinajstić information content (AvgIpc) is 3.09. The van der Waals surface area contributed by atoms with Gasteiger partial charge in [-0.3, -0.25) is 4.79 Å². The summed E-state index contributed by atoms with van der Waals surface area (Å²) in [6.45, 7) is 5.00. The summed E-state index contributed by atoms with van der Waals surface area (Å²) in [5, 5.41) is 7.67. The maximum absolute atomic E-state index is 12.7. The van der Waals surface area contributed by atoms with Crippen molar-refractivity contribution in [1.29, 1.82) is 0 Å². The van der Waals surface area contributed by atoms with Crippen LogP contribution in [0, 0.1) is 13.8 Å². The second-order valence-electron chi connectivity index (χ2n) is 5.76. The third-order valence-electron chi connectivity index (χ3n) is 4.24. The van der Waals surface area contributed by atoms with Gasteiger partial charge in [-0.25, -0.2) is 4.68 Å². The molecule has 0 spiro atoms. The Kier molecular flexibility index (Phi) is 3.49. The third kappa shape index (κ3) is 2.44. The maximum Gasteiger partial charge on any atom is 0.274 e. The van der Waals surface area contributed by atoms with Crippen LogP contribution in [0.3, 0.4) is 0 Å². The van der Waals surface area contributed by atoms with Gasteiger partial charge in [-0.1, -0.05) is 29.0 Å². The van der Waals surface area contributed by atoms with Crippen LogP contribution < -0.4 is 0 Å². The Bertz CT molecular complexity index is 677. The zero-order chi connectivity index (χ0) is 15.0. The van der Waals surface area contributed by atoms with E-state index < -0.39 is 0 Å². The van der Waals surface area contributed by atoms with Gasteiger partial charge >= 0.3 is 0 Å². The fourth-order valence-electron chi connectivity index (χ4n) is 3.08. The Balaban J connectivity index is 1.94. The molecule has 0 unspecified atom stereocenters. The van der Waals surface area contributed by atoms with E-state index >= 15 is 0 Å². The minimum Gasteiger partial charge on any atom is -0.330 e. The van der Waals surface area contributed by atoms with Crippen LogP contribution >= 0.6 is 0 Å². The lowest BCUT2D eigenvalue weighted by Crippen LogP contribution is -2.32. The summed E-state index contributed by atoms with van der Waals surface area (Å²) in [4.78, 5) is 14.7. The molecule has 0 bridgehead atoms. The largest absolute Gasteiger partial charge is 0.330 e. The van der Waals surface area contributed by atoms with Crippen molar-refractivity contribution in [3.8, 4) is 0 Å².